The number of hydrogen-bond donors (Lipinski definition) is 3. The van der Waals surface area contributed by atoms with E-state index >= 15 is 0 Å². The van der Waals surface area contributed by atoms with E-state index in [1.54, 1.807) is 0 Å². The highest BCUT2D eigenvalue weighted by atomic mass is 16.2. The zero-order valence-electron chi connectivity index (χ0n) is 16.6. The zero-order chi connectivity index (χ0) is 20.0. The topological polar surface area (TPSA) is 70.2 Å². The zero-order valence-corrected chi connectivity index (χ0v) is 16.6. The van der Waals surface area contributed by atoms with Gasteiger partial charge in [0.2, 0.25) is 11.8 Å². The Hall–Kier alpha value is -2.82. The first-order chi connectivity index (χ1) is 13.5. The molecular formula is C23H29N3O2. The fraction of sp³-hybridized carbons (Fsp3) is 0.391. The largest absolute Gasteiger partial charge is 0.376 e. The number of carbonyl (C=O) groups excluding carboxylic acids is 2. The molecule has 0 radical (unpaired) electrons. The van der Waals surface area contributed by atoms with Crippen LogP contribution in [-0.4, -0.2) is 30.9 Å². The van der Waals surface area contributed by atoms with E-state index in [0.29, 0.717) is 13.0 Å². The van der Waals surface area contributed by atoms with Crippen LogP contribution < -0.4 is 16.0 Å². The maximum Gasteiger partial charge on any atom is 0.239 e. The van der Waals surface area contributed by atoms with Crippen LogP contribution in [0, 0.1) is 0 Å². The fourth-order valence-corrected chi connectivity index (χ4v) is 3.32. The van der Waals surface area contributed by atoms with Crippen molar-refractivity contribution in [3.8, 4) is 0 Å². The third-order valence-corrected chi connectivity index (χ3v) is 5.09. The highest BCUT2D eigenvalue weighted by molar-refractivity contribution is 5.81. The van der Waals surface area contributed by atoms with Crippen molar-refractivity contribution in [2.24, 2.45) is 0 Å². The molecule has 0 heterocycles. The summed E-state index contributed by atoms with van der Waals surface area (Å²) in [6.07, 6.45) is 2.60. The van der Waals surface area contributed by atoms with Crippen molar-refractivity contribution < 1.29 is 9.59 Å². The van der Waals surface area contributed by atoms with Gasteiger partial charge in [0.15, 0.2) is 0 Å². The van der Waals surface area contributed by atoms with Crippen molar-refractivity contribution >= 4 is 17.5 Å². The SMILES string of the molecule is CC(C)NC(=O)Cc1ccc(NCC(=O)NCC2(c3ccccc3)CC2)cc1. The molecular weight excluding hydrogens is 350 g/mol. The van der Waals surface area contributed by atoms with Crippen LogP contribution in [0.1, 0.15) is 37.8 Å². The second-order valence-corrected chi connectivity index (χ2v) is 7.87. The molecule has 3 N–H and O–H groups in total. The third-order valence-electron chi connectivity index (χ3n) is 5.09. The van der Waals surface area contributed by atoms with Gasteiger partial charge in [-0.05, 0) is 49.9 Å². The van der Waals surface area contributed by atoms with Crippen LogP contribution in [0.3, 0.4) is 0 Å². The van der Waals surface area contributed by atoms with Crippen molar-refractivity contribution in [1.82, 2.24) is 10.6 Å². The second-order valence-electron chi connectivity index (χ2n) is 7.87. The number of carbonyl (C=O) groups is 2. The van der Waals surface area contributed by atoms with Crippen LogP contribution in [0.4, 0.5) is 5.69 Å². The Morgan fingerprint density at radius 2 is 1.64 bits per heavy atom. The van der Waals surface area contributed by atoms with Gasteiger partial charge in [0, 0.05) is 23.7 Å². The molecule has 2 aromatic rings. The van der Waals surface area contributed by atoms with Crippen LogP contribution in [0.5, 0.6) is 0 Å². The van der Waals surface area contributed by atoms with Crippen molar-refractivity contribution in [3.05, 3.63) is 65.7 Å². The van der Waals surface area contributed by atoms with Gasteiger partial charge in [-0.2, -0.15) is 0 Å². The maximum atomic E-state index is 12.2. The maximum absolute atomic E-state index is 12.2. The minimum atomic E-state index is -0.0115. The van der Waals surface area contributed by atoms with E-state index in [0.717, 1.165) is 24.1 Å². The summed E-state index contributed by atoms with van der Waals surface area (Å²) in [6, 6.07) is 18.2. The number of amides is 2. The molecule has 148 valence electrons. The summed E-state index contributed by atoms with van der Waals surface area (Å²) < 4.78 is 0. The first-order valence-electron chi connectivity index (χ1n) is 9.91. The van der Waals surface area contributed by atoms with E-state index in [9.17, 15) is 9.59 Å². The Morgan fingerprint density at radius 3 is 2.25 bits per heavy atom. The molecule has 1 fully saturated rings. The Kier molecular flexibility index (Phi) is 6.34. The van der Waals surface area contributed by atoms with Gasteiger partial charge in [0.05, 0.1) is 13.0 Å². The standard InChI is InChI=1S/C23H29N3O2/c1-17(2)26-21(27)14-18-8-10-20(11-9-18)24-15-22(28)25-16-23(12-13-23)19-6-4-3-5-7-19/h3-11,17,24H,12-16H2,1-2H3,(H,25,28)(H,26,27). The van der Waals surface area contributed by atoms with Gasteiger partial charge >= 0.3 is 0 Å². The first-order valence-corrected chi connectivity index (χ1v) is 9.91. The molecule has 3 rings (SSSR count). The normalized spacial score (nSPS) is 14.4. The number of nitrogens with one attached hydrogen (secondary N) is 3. The number of hydrogen-bond acceptors (Lipinski definition) is 3. The lowest BCUT2D eigenvalue weighted by Crippen LogP contribution is -2.35. The quantitative estimate of drug-likeness (QED) is 0.627. The molecule has 0 aromatic heterocycles. The van der Waals surface area contributed by atoms with Crippen LogP contribution in [0.2, 0.25) is 0 Å². The van der Waals surface area contributed by atoms with Crippen LogP contribution in [0.25, 0.3) is 0 Å². The van der Waals surface area contributed by atoms with Gasteiger partial charge in [-0.1, -0.05) is 42.5 Å². The van der Waals surface area contributed by atoms with Gasteiger partial charge in [-0.3, -0.25) is 9.59 Å². The van der Waals surface area contributed by atoms with Crippen LogP contribution >= 0.6 is 0 Å². The van der Waals surface area contributed by atoms with E-state index in [4.69, 9.17) is 0 Å². The van der Waals surface area contributed by atoms with Gasteiger partial charge in [-0.15, -0.1) is 0 Å². The smallest absolute Gasteiger partial charge is 0.239 e. The summed E-state index contributed by atoms with van der Waals surface area (Å²) in [6.45, 7) is 4.81. The monoisotopic (exact) mass is 379 g/mol. The summed E-state index contributed by atoms with van der Waals surface area (Å²) in [7, 11) is 0. The molecule has 0 saturated heterocycles. The van der Waals surface area contributed by atoms with Gasteiger partial charge in [0.25, 0.3) is 0 Å². The van der Waals surface area contributed by atoms with E-state index < -0.39 is 0 Å². The average Bonchev–Trinajstić information content (AvgIpc) is 3.47. The van der Waals surface area contributed by atoms with E-state index in [2.05, 4.69) is 40.2 Å². The van der Waals surface area contributed by atoms with E-state index in [1.165, 1.54) is 5.56 Å². The molecule has 0 spiro atoms. The lowest BCUT2D eigenvalue weighted by atomic mass is 9.96. The molecule has 0 bridgehead atoms. The van der Waals surface area contributed by atoms with Gasteiger partial charge in [0.1, 0.15) is 0 Å². The number of anilines is 1. The van der Waals surface area contributed by atoms with E-state index in [-0.39, 0.29) is 29.8 Å². The minimum Gasteiger partial charge on any atom is -0.376 e. The molecule has 2 aromatic carbocycles. The lowest BCUT2D eigenvalue weighted by molar-refractivity contribution is -0.121. The fourth-order valence-electron chi connectivity index (χ4n) is 3.32. The summed E-state index contributed by atoms with van der Waals surface area (Å²) >= 11 is 0. The average molecular weight is 380 g/mol. The summed E-state index contributed by atoms with van der Waals surface area (Å²) in [4.78, 5) is 24.0. The molecule has 0 aliphatic heterocycles. The molecule has 5 nitrogen and oxygen atoms in total. The van der Waals surface area contributed by atoms with Crippen molar-refractivity contribution in [3.63, 3.8) is 0 Å². The number of benzene rings is 2. The molecule has 28 heavy (non-hydrogen) atoms. The van der Waals surface area contributed by atoms with Gasteiger partial charge < -0.3 is 16.0 Å². The first kappa shape index (κ1) is 19.9. The minimum absolute atomic E-state index is 0.0115. The second kappa shape index (κ2) is 8.91. The third kappa shape index (κ3) is 5.59. The molecule has 1 aliphatic rings. The molecule has 5 heteroatoms. The summed E-state index contributed by atoms with van der Waals surface area (Å²) in [5.74, 6) is 0.00472. The van der Waals surface area contributed by atoms with Crippen LogP contribution in [0.15, 0.2) is 54.6 Å². The molecule has 1 saturated carbocycles. The molecule has 1 aliphatic carbocycles. The predicted octanol–water partition coefficient (Wildman–Crippen LogP) is 3.01. The Morgan fingerprint density at radius 1 is 0.964 bits per heavy atom. The Balaban J connectivity index is 1.42. The molecule has 2 amide bonds. The van der Waals surface area contributed by atoms with Crippen LogP contribution in [-0.2, 0) is 21.4 Å². The van der Waals surface area contributed by atoms with E-state index in [1.807, 2.05) is 44.2 Å². The molecule has 0 unspecified atom stereocenters. The summed E-state index contributed by atoms with van der Waals surface area (Å²) in [5, 5.41) is 9.08. The highest BCUT2D eigenvalue weighted by Gasteiger charge is 2.44. The molecule has 0 atom stereocenters. The van der Waals surface area contributed by atoms with Crippen molar-refractivity contribution in [1.29, 1.82) is 0 Å². The van der Waals surface area contributed by atoms with Gasteiger partial charge in [-0.25, -0.2) is 0 Å². The van der Waals surface area contributed by atoms with Crippen molar-refractivity contribution in [2.45, 2.75) is 44.6 Å². The van der Waals surface area contributed by atoms with Crippen molar-refractivity contribution in [2.75, 3.05) is 18.4 Å². The Labute approximate surface area is 166 Å². The predicted molar refractivity (Wildman–Crippen MR) is 112 cm³/mol. The lowest BCUT2D eigenvalue weighted by Gasteiger charge is -2.17. The Bertz CT molecular complexity index is 796. The highest BCUT2D eigenvalue weighted by Crippen LogP contribution is 2.47. The number of rotatable bonds is 9. The summed E-state index contributed by atoms with van der Waals surface area (Å²) in [5.41, 5.74) is 3.24.